The molecule has 3 heterocycles. The molecule has 1 fully saturated rings. The standard InChI is InChI=1S/C22H23N5O2S/c28-17-9-6-12-24(14-17)15-26-22(30)27-19-11-5-4-10-18(19)20(29)25(21(27)23-26)13-16-7-2-1-3-8-16/h1-5,7-8,10-11,17,28H,6,9,12-15H2/t17-/m1/s1. The maximum Gasteiger partial charge on any atom is 0.263 e. The molecular formula is C22H23N5O2S. The van der Waals surface area contributed by atoms with Crippen molar-refractivity contribution in [3.8, 4) is 0 Å². The Balaban J connectivity index is 1.69. The largest absolute Gasteiger partial charge is 0.392 e. The Labute approximate surface area is 178 Å². The molecule has 2 aromatic carbocycles. The number of aliphatic hydroxyl groups excluding tert-OH is 1. The number of aliphatic hydroxyl groups is 1. The van der Waals surface area contributed by atoms with E-state index in [1.165, 1.54) is 0 Å². The molecule has 5 rings (SSSR count). The Morgan fingerprint density at radius 3 is 2.67 bits per heavy atom. The lowest BCUT2D eigenvalue weighted by atomic mass is 10.1. The quantitative estimate of drug-likeness (QED) is 0.513. The van der Waals surface area contributed by atoms with E-state index in [0.717, 1.165) is 30.5 Å². The first-order valence-electron chi connectivity index (χ1n) is 10.2. The molecule has 2 aromatic heterocycles. The van der Waals surface area contributed by atoms with E-state index in [-0.39, 0.29) is 11.7 Å². The van der Waals surface area contributed by atoms with Crippen LogP contribution in [-0.4, -0.2) is 47.9 Å². The molecule has 0 amide bonds. The molecular weight excluding hydrogens is 398 g/mol. The Morgan fingerprint density at radius 1 is 1.10 bits per heavy atom. The van der Waals surface area contributed by atoms with Gasteiger partial charge in [0.2, 0.25) is 10.5 Å². The summed E-state index contributed by atoms with van der Waals surface area (Å²) in [5.41, 5.74) is 1.70. The highest BCUT2D eigenvalue weighted by Gasteiger charge is 2.20. The molecule has 1 aliphatic rings. The predicted octanol–water partition coefficient (Wildman–Crippen LogP) is 2.64. The molecule has 1 N–H and O–H groups in total. The average molecular weight is 422 g/mol. The van der Waals surface area contributed by atoms with Crippen molar-refractivity contribution in [2.75, 3.05) is 13.1 Å². The molecule has 0 saturated carbocycles. The van der Waals surface area contributed by atoms with Gasteiger partial charge in [0.1, 0.15) is 0 Å². The van der Waals surface area contributed by atoms with Crippen LogP contribution in [0.25, 0.3) is 16.7 Å². The molecule has 0 radical (unpaired) electrons. The van der Waals surface area contributed by atoms with Crippen LogP contribution in [0.4, 0.5) is 0 Å². The zero-order valence-electron chi connectivity index (χ0n) is 16.5. The second-order valence-electron chi connectivity index (χ2n) is 7.83. The van der Waals surface area contributed by atoms with Gasteiger partial charge in [-0.1, -0.05) is 42.5 Å². The van der Waals surface area contributed by atoms with Crippen molar-refractivity contribution < 1.29 is 5.11 Å². The van der Waals surface area contributed by atoms with Crippen molar-refractivity contribution in [3.63, 3.8) is 0 Å². The van der Waals surface area contributed by atoms with Crippen LogP contribution in [0, 0.1) is 4.77 Å². The summed E-state index contributed by atoms with van der Waals surface area (Å²) in [4.78, 5) is 15.5. The summed E-state index contributed by atoms with van der Waals surface area (Å²) in [5, 5.41) is 15.4. The van der Waals surface area contributed by atoms with E-state index in [0.29, 0.717) is 35.7 Å². The highest BCUT2D eigenvalue weighted by molar-refractivity contribution is 7.71. The van der Waals surface area contributed by atoms with Crippen LogP contribution in [0.15, 0.2) is 59.4 Å². The molecule has 0 bridgehead atoms. The highest BCUT2D eigenvalue weighted by Crippen LogP contribution is 2.17. The molecule has 1 saturated heterocycles. The Bertz CT molecular complexity index is 1320. The van der Waals surface area contributed by atoms with Gasteiger partial charge in [0.25, 0.3) is 5.56 Å². The number of rotatable bonds is 4. The smallest absolute Gasteiger partial charge is 0.263 e. The Hall–Kier alpha value is -2.81. The van der Waals surface area contributed by atoms with Gasteiger partial charge in [-0.3, -0.25) is 18.7 Å². The number of hydrogen-bond donors (Lipinski definition) is 1. The molecule has 0 spiro atoms. The van der Waals surface area contributed by atoms with E-state index >= 15 is 0 Å². The number of benzene rings is 2. The fourth-order valence-corrected chi connectivity index (χ4v) is 4.50. The summed E-state index contributed by atoms with van der Waals surface area (Å²) in [7, 11) is 0. The molecule has 1 atom stereocenters. The van der Waals surface area contributed by atoms with E-state index in [1.807, 2.05) is 59.0 Å². The van der Waals surface area contributed by atoms with Crippen LogP contribution in [0.2, 0.25) is 0 Å². The summed E-state index contributed by atoms with van der Waals surface area (Å²) in [6, 6.07) is 17.4. The molecule has 0 aliphatic carbocycles. The normalized spacial score (nSPS) is 17.7. The SMILES string of the molecule is O=c1c2ccccc2n2c(=S)n(CN3CCC[C@@H](O)C3)nc2n1Cc1ccccc1. The van der Waals surface area contributed by atoms with Crippen LogP contribution in [0.3, 0.4) is 0 Å². The molecule has 154 valence electrons. The molecule has 8 heteroatoms. The first-order valence-corrected chi connectivity index (χ1v) is 10.6. The van der Waals surface area contributed by atoms with Crippen LogP contribution in [0.1, 0.15) is 18.4 Å². The first-order chi connectivity index (χ1) is 14.6. The Kier molecular flexibility index (Phi) is 4.98. The van der Waals surface area contributed by atoms with Crippen molar-refractivity contribution in [3.05, 3.63) is 75.3 Å². The fourth-order valence-electron chi connectivity index (χ4n) is 4.22. The van der Waals surface area contributed by atoms with Crippen LogP contribution >= 0.6 is 12.2 Å². The molecule has 4 aromatic rings. The number of likely N-dealkylation sites (tertiary alicyclic amines) is 1. The summed E-state index contributed by atoms with van der Waals surface area (Å²) in [6.07, 6.45) is 1.46. The summed E-state index contributed by atoms with van der Waals surface area (Å²) < 4.78 is 5.88. The maximum absolute atomic E-state index is 13.3. The van der Waals surface area contributed by atoms with Crippen LogP contribution < -0.4 is 5.56 Å². The monoisotopic (exact) mass is 421 g/mol. The van der Waals surface area contributed by atoms with Crippen molar-refractivity contribution in [2.45, 2.75) is 32.2 Å². The van der Waals surface area contributed by atoms with Gasteiger partial charge in [0, 0.05) is 13.1 Å². The van der Waals surface area contributed by atoms with Crippen LogP contribution in [0.5, 0.6) is 0 Å². The van der Waals surface area contributed by atoms with E-state index < -0.39 is 0 Å². The second-order valence-corrected chi connectivity index (χ2v) is 8.19. The third-order valence-corrected chi connectivity index (χ3v) is 6.08. The van der Waals surface area contributed by atoms with Gasteiger partial charge in [-0.05, 0) is 42.8 Å². The Morgan fingerprint density at radius 2 is 1.87 bits per heavy atom. The van der Waals surface area contributed by atoms with Gasteiger partial charge in [-0.15, -0.1) is 5.10 Å². The number of aromatic nitrogens is 4. The van der Waals surface area contributed by atoms with E-state index in [2.05, 4.69) is 4.90 Å². The predicted molar refractivity (Wildman–Crippen MR) is 118 cm³/mol. The fraction of sp³-hybridized carbons (Fsp3) is 0.318. The first kappa shape index (κ1) is 19.2. The van der Waals surface area contributed by atoms with E-state index in [9.17, 15) is 9.90 Å². The number of para-hydroxylation sites is 1. The number of nitrogens with zero attached hydrogens (tertiary/aromatic N) is 5. The van der Waals surface area contributed by atoms with Gasteiger partial charge >= 0.3 is 0 Å². The van der Waals surface area contributed by atoms with Crippen molar-refractivity contribution in [2.24, 2.45) is 0 Å². The minimum Gasteiger partial charge on any atom is -0.392 e. The molecule has 1 aliphatic heterocycles. The highest BCUT2D eigenvalue weighted by atomic mass is 32.1. The lowest BCUT2D eigenvalue weighted by Crippen LogP contribution is -2.39. The van der Waals surface area contributed by atoms with E-state index in [4.69, 9.17) is 17.3 Å². The number of β-amino-alcohol motifs (C(OH)–C–C–N with tert-alkyl or cyclic N) is 1. The number of fused-ring (bicyclic) bond motifs is 3. The van der Waals surface area contributed by atoms with Crippen molar-refractivity contribution in [1.82, 2.24) is 23.6 Å². The van der Waals surface area contributed by atoms with Crippen LogP contribution in [-0.2, 0) is 13.2 Å². The zero-order chi connectivity index (χ0) is 20.7. The minimum atomic E-state index is -0.318. The maximum atomic E-state index is 13.3. The third kappa shape index (κ3) is 3.36. The summed E-state index contributed by atoms with van der Waals surface area (Å²) >= 11 is 5.78. The average Bonchev–Trinajstić information content (AvgIpc) is 3.08. The summed E-state index contributed by atoms with van der Waals surface area (Å²) in [6.45, 7) is 2.41. The number of hydrogen-bond acceptors (Lipinski definition) is 5. The lowest BCUT2D eigenvalue weighted by molar-refractivity contribution is 0.0514. The molecule has 30 heavy (non-hydrogen) atoms. The zero-order valence-corrected chi connectivity index (χ0v) is 17.3. The topological polar surface area (TPSA) is 67.7 Å². The minimum absolute atomic E-state index is 0.0810. The van der Waals surface area contributed by atoms with Gasteiger partial charge in [-0.25, -0.2) is 4.68 Å². The van der Waals surface area contributed by atoms with Gasteiger partial charge in [0.15, 0.2) is 0 Å². The lowest BCUT2D eigenvalue weighted by Gasteiger charge is -2.29. The van der Waals surface area contributed by atoms with Gasteiger partial charge < -0.3 is 5.11 Å². The third-order valence-electron chi connectivity index (χ3n) is 5.68. The number of piperidine rings is 1. The van der Waals surface area contributed by atoms with Gasteiger partial charge in [-0.2, -0.15) is 0 Å². The van der Waals surface area contributed by atoms with E-state index in [1.54, 1.807) is 9.25 Å². The molecule has 0 unspecified atom stereocenters. The van der Waals surface area contributed by atoms with Crippen molar-refractivity contribution >= 4 is 28.9 Å². The van der Waals surface area contributed by atoms with Gasteiger partial charge in [0.05, 0.1) is 30.2 Å². The van der Waals surface area contributed by atoms with Crippen molar-refractivity contribution in [1.29, 1.82) is 0 Å². The second kappa shape index (κ2) is 7.79. The molecule has 7 nitrogen and oxygen atoms in total. The summed E-state index contributed by atoms with van der Waals surface area (Å²) in [5.74, 6) is 0.533.